The second-order valence-corrected chi connectivity index (χ2v) is 4.63. The molecule has 0 spiro atoms. The van der Waals surface area contributed by atoms with Gasteiger partial charge < -0.3 is 5.73 Å². The van der Waals surface area contributed by atoms with Gasteiger partial charge in [-0.2, -0.15) is 0 Å². The summed E-state index contributed by atoms with van der Waals surface area (Å²) < 4.78 is 0. The second kappa shape index (κ2) is 3.69. The van der Waals surface area contributed by atoms with Gasteiger partial charge in [-0.25, -0.2) is 0 Å². The molecular formula is C10H12Cl2N2. The van der Waals surface area contributed by atoms with Crippen molar-refractivity contribution in [3.8, 4) is 0 Å². The van der Waals surface area contributed by atoms with Gasteiger partial charge in [0.05, 0.1) is 10.0 Å². The van der Waals surface area contributed by atoms with Gasteiger partial charge in [0.25, 0.3) is 0 Å². The standard InChI is InChI=1S/C10H12Cl2N2/c11-7-4-14-5-8(12)9(7)10(6-13)2-1-3-10/h4-5H,1-3,6,13H2. The Kier molecular flexibility index (Phi) is 2.69. The van der Waals surface area contributed by atoms with Crippen molar-refractivity contribution >= 4 is 23.2 Å². The predicted octanol–water partition coefficient (Wildman–Crippen LogP) is 2.77. The van der Waals surface area contributed by atoms with Gasteiger partial charge in [-0.15, -0.1) is 0 Å². The molecule has 2 N–H and O–H groups in total. The fraction of sp³-hybridized carbons (Fsp3) is 0.500. The molecule has 0 aromatic carbocycles. The summed E-state index contributed by atoms with van der Waals surface area (Å²) in [5.41, 5.74) is 6.80. The summed E-state index contributed by atoms with van der Waals surface area (Å²) >= 11 is 12.2. The Morgan fingerprint density at radius 1 is 1.29 bits per heavy atom. The van der Waals surface area contributed by atoms with Crippen molar-refractivity contribution in [1.29, 1.82) is 0 Å². The van der Waals surface area contributed by atoms with Crippen LogP contribution in [0.5, 0.6) is 0 Å². The van der Waals surface area contributed by atoms with Crippen LogP contribution < -0.4 is 5.73 Å². The molecule has 1 heterocycles. The fourth-order valence-electron chi connectivity index (χ4n) is 2.08. The normalized spacial score (nSPS) is 19.1. The zero-order chi connectivity index (χ0) is 10.2. The van der Waals surface area contributed by atoms with Crippen molar-refractivity contribution < 1.29 is 0 Å². The first-order valence-corrected chi connectivity index (χ1v) is 5.45. The third-order valence-electron chi connectivity index (χ3n) is 3.09. The molecule has 1 aliphatic rings. The summed E-state index contributed by atoms with van der Waals surface area (Å²) in [5, 5.41) is 1.28. The van der Waals surface area contributed by atoms with Crippen molar-refractivity contribution in [2.75, 3.05) is 6.54 Å². The van der Waals surface area contributed by atoms with Crippen molar-refractivity contribution in [2.24, 2.45) is 5.73 Å². The highest BCUT2D eigenvalue weighted by atomic mass is 35.5. The zero-order valence-corrected chi connectivity index (χ0v) is 9.28. The van der Waals surface area contributed by atoms with Crippen molar-refractivity contribution in [3.63, 3.8) is 0 Å². The van der Waals surface area contributed by atoms with E-state index >= 15 is 0 Å². The molecule has 1 fully saturated rings. The Balaban J connectivity index is 2.49. The Hall–Kier alpha value is -0.310. The van der Waals surface area contributed by atoms with Gasteiger partial charge in [0.1, 0.15) is 0 Å². The molecule has 4 heteroatoms. The second-order valence-electron chi connectivity index (χ2n) is 3.82. The molecular weight excluding hydrogens is 219 g/mol. The lowest BCUT2D eigenvalue weighted by atomic mass is 9.64. The van der Waals surface area contributed by atoms with E-state index in [9.17, 15) is 0 Å². The third kappa shape index (κ3) is 1.42. The molecule has 0 radical (unpaired) electrons. The van der Waals surface area contributed by atoms with Crippen molar-refractivity contribution in [1.82, 2.24) is 4.98 Å². The predicted molar refractivity (Wildman–Crippen MR) is 58.8 cm³/mol. The van der Waals surface area contributed by atoms with E-state index < -0.39 is 0 Å². The van der Waals surface area contributed by atoms with Crippen LogP contribution in [0.3, 0.4) is 0 Å². The van der Waals surface area contributed by atoms with Crippen LogP contribution in [-0.2, 0) is 5.41 Å². The number of rotatable bonds is 2. The van der Waals surface area contributed by atoms with Crippen LogP contribution in [0.4, 0.5) is 0 Å². The number of hydrogen-bond donors (Lipinski definition) is 1. The van der Waals surface area contributed by atoms with Crippen LogP contribution in [0.2, 0.25) is 10.0 Å². The SMILES string of the molecule is NCC1(c2c(Cl)cncc2Cl)CCC1. The molecule has 0 aliphatic heterocycles. The van der Waals surface area contributed by atoms with E-state index in [1.165, 1.54) is 6.42 Å². The first-order valence-electron chi connectivity index (χ1n) is 4.69. The molecule has 2 nitrogen and oxygen atoms in total. The van der Waals surface area contributed by atoms with E-state index in [1.54, 1.807) is 12.4 Å². The molecule has 14 heavy (non-hydrogen) atoms. The van der Waals surface area contributed by atoms with E-state index in [4.69, 9.17) is 28.9 Å². The number of halogens is 2. The highest BCUT2D eigenvalue weighted by Gasteiger charge is 2.40. The molecule has 0 bridgehead atoms. The maximum Gasteiger partial charge on any atom is 0.0642 e. The Morgan fingerprint density at radius 3 is 2.21 bits per heavy atom. The number of aromatic nitrogens is 1. The van der Waals surface area contributed by atoms with Gasteiger partial charge in [-0.05, 0) is 18.4 Å². The molecule has 76 valence electrons. The highest BCUT2D eigenvalue weighted by Crippen LogP contribution is 2.47. The van der Waals surface area contributed by atoms with Gasteiger partial charge >= 0.3 is 0 Å². The molecule has 1 saturated carbocycles. The van der Waals surface area contributed by atoms with Crippen LogP contribution in [0.1, 0.15) is 24.8 Å². The van der Waals surface area contributed by atoms with Gasteiger partial charge in [0.2, 0.25) is 0 Å². The molecule has 1 aromatic heterocycles. The Bertz CT molecular complexity index is 322. The molecule has 2 rings (SSSR count). The lowest BCUT2D eigenvalue weighted by Crippen LogP contribution is -2.42. The maximum absolute atomic E-state index is 6.10. The summed E-state index contributed by atoms with van der Waals surface area (Å²) in [6.45, 7) is 0.608. The van der Waals surface area contributed by atoms with E-state index in [0.717, 1.165) is 18.4 Å². The zero-order valence-electron chi connectivity index (χ0n) is 7.76. The summed E-state index contributed by atoms with van der Waals surface area (Å²) in [5.74, 6) is 0. The average molecular weight is 231 g/mol. The number of pyridine rings is 1. The summed E-state index contributed by atoms with van der Waals surface area (Å²) in [6.07, 6.45) is 6.63. The smallest absolute Gasteiger partial charge is 0.0642 e. The quantitative estimate of drug-likeness (QED) is 0.849. The summed E-state index contributed by atoms with van der Waals surface area (Å²) in [6, 6.07) is 0. The van der Waals surface area contributed by atoms with Gasteiger partial charge in [0, 0.05) is 24.4 Å². The number of hydrogen-bond acceptors (Lipinski definition) is 2. The van der Waals surface area contributed by atoms with Gasteiger partial charge in [0.15, 0.2) is 0 Å². The first kappa shape index (κ1) is 10.2. The van der Waals surface area contributed by atoms with Crippen LogP contribution in [0.15, 0.2) is 12.4 Å². The van der Waals surface area contributed by atoms with E-state index in [-0.39, 0.29) is 5.41 Å². The number of nitrogens with two attached hydrogens (primary N) is 1. The van der Waals surface area contributed by atoms with Crippen LogP contribution in [-0.4, -0.2) is 11.5 Å². The lowest BCUT2D eigenvalue weighted by molar-refractivity contribution is 0.253. The monoisotopic (exact) mass is 230 g/mol. The van der Waals surface area contributed by atoms with Crippen molar-refractivity contribution in [2.45, 2.75) is 24.7 Å². The van der Waals surface area contributed by atoms with Gasteiger partial charge in [-0.3, -0.25) is 4.98 Å². The molecule has 0 saturated heterocycles. The summed E-state index contributed by atoms with van der Waals surface area (Å²) in [7, 11) is 0. The number of nitrogens with zero attached hydrogens (tertiary/aromatic N) is 1. The largest absolute Gasteiger partial charge is 0.330 e. The molecule has 0 amide bonds. The minimum absolute atomic E-state index is 0.0110. The lowest BCUT2D eigenvalue weighted by Gasteiger charge is -2.42. The minimum atomic E-state index is 0.0110. The summed E-state index contributed by atoms with van der Waals surface area (Å²) in [4.78, 5) is 3.95. The Morgan fingerprint density at radius 2 is 1.86 bits per heavy atom. The van der Waals surface area contributed by atoms with Crippen LogP contribution >= 0.6 is 23.2 Å². The van der Waals surface area contributed by atoms with Gasteiger partial charge in [-0.1, -0.05) is 29.6 Å². The topological polar surface area (TPSA) is 38.9 Å². The third-order valence-corrected chi connectivity index (χ3v) is 3.66. The van der Waals surface area contributed by atoms with E-state index in [2.05, 4.69) is 4.98 Å². The van der Waals surface area contributed by atoms with Crippen LogP contribution in [0, 0.1) is 0 Å². The van der Waals surface area contributed by atoms with E-state index in [0.29, 0.717) is 16.6 Å². The molecule has 0 unspecified atom stereocenters. The average Bonchev–Trinajstić information content (AvgIpc) is 2.08. The van der Waals surface area contributed by atoms with Crippen molar-refractivity contribution in [3.05, 3.63) is 28.0 Å². The Labute approximate surface area is 93.4 Å². The fourth-order valence-corrected chi connectivity index (χ4v) is 2.84. The first-order chi connectivity index (χ1) is 6.69. The van der Waals surface area contributed by atoms with Crippen LogP contribution in [0.25, 0.3) is 0 Å². The van der Waals surface area contributed by atoms with E-state index in [1.807, 2.05) is 0 Å². The minimum Gasteiger partial charge on any atom is -0.330 e. The molecule has 1 aliphatic carbocycles. The molecule has 1 aromatic rings. The highest BCUT2D eigenvalue weighted by molar-refractivity contribution is 6.36. The maximum atomic E-state index is 6.10. The molecule has 0 atom stereocenters.